The highest BCUT2D eigenvalue weighted by atomic mass is 35.5. The van der Waals surface area contributed by atoms with Gasteiger partial charge in [0.05, 0.1) is 18.9 Å². The maximum atomic E-state index is 12.9. The van der Waals surface area contributed by atoms with E-state index in [-0.39, 0.29) is 17.9 Å². The number of halogens is 1. The van der Waals surface area contributed by atoms with Gasteiger partial charge in [0, 0.05) is 23.3 Å². The Morgan fingerprint density at radius 3 is 2.86 bits per heavy atom. The average molecular weight is 412 g/mol. The number of hydrogen-bond acceptors (Lipinski definition) is 5. The molecule has 1 aromatic carbocycles. The third-order valence-electron chi connectivity index (χ3n) is 4.88. The molecule has 0 fully saturated rings. The minimum atomic E-state index is -0.342. The fraction of sp³-hybridized carbons (Fsp3) is 0.318. The van der Waals surface area contributed by atoms with Crippen LogP contribution in [-0.4, -0.2) is 28.2 Å². The molecule has 1 unspecified atom stereocenters. The topological polar surface area (TPSA) is 67.9 Å². The van der Waals surface area contributed by atoms with Crippen molar-refractivity contribution in [3.8, 4) is 5.75 Å². The van der Waals surface area contributed by atoms with E-state index in [9.17, 15) is 4.79 Å². The second-order valence-electron chi connectivity index (χ2n) is 7.21. The smallest absolute Gasteiger partial charge is 0.245 e. The number of carbonyl (C=O) groups is 1. The largest absolute Gasteiger partial charge is 0.492 e. The van der Waals surface area contributed by atoms with Crippen LogP contribution in [0.5, 0.6) is 5.75 Å². The molecule has 0 N–H and O–H groups in total. The number of rotatable bonds is 5. The molecular formula is C22H22ClN3O3. The van der Waals surface area contributed by atoms with E-state index in [1.165, 1.54) is 5.01 Å². The van der Waals surface area contributed by atoms with Crippen LogP contribution in [0.15, 0.2) is 52.2 Å². The molecule has 29 heavy (non-hydrogen) atoms. The van der Waals surface area contributed by atoms with Crippen LogP contribution in [0.25, 0.3) is 10.9 Å². The summed E-state index contributed by atoms with van der Waals surface area (Å²) in [5, 5.41) is 7.33. The van der Waals surface area contributed by atoms with Gasteiger partial charge < -0.3 is 9.15 Å². The van der Waals surface area contributed by atoms with Crippen molar-refractivity contribution in [2.45, 2.75) is 33.2 Å². The summed E-state index contributed by atoms with van der Waals surface area (Å²) in [5.41, 5.74) is 2.18. The predicted octanol–water partition coefficient (Wildman–Crippen LogP) is 5.21. The van der Waals surface area contributed by atoms with E-state index in [1.54, 1.807) is 12.3 Å². The molecule has 0 spiro atoms. The number of hydrogen-bond donors (Lipinski definition) is 0. The van der Waals surface area contributed by atoms with Crippen molar-refractivity contribution in [2.75, 3.05) is 6.61 Å². The molecule has 0 saturated carbocycles. The lowest BCUT2D eigenvalue weighted by Crippen LogP contribution is -2.30. The van der Waals surface area contributed by atoms with Crippen LogP contribution in [0.2, 0.25) is 5.15 Å². The molecule has 1 aliphatic heterocycles. The molecule has 7 heteroatoms. The summed E-state index contributed by atoms with van der Waals surface area (Å²) >= 11 is 6.60. The zero-order chi connectivity index (χ0) is 20.5. The first-order chi connectivity index (χ1) is 14.0. The summed E-state index contributed by atoms with van der Waals surface area (Å²) in [5.74, 6) is 1.06. The average Bonchev–Trinajstić information content (AvgIpc) is 3.37. The first-order valence-electron chi connectivity index (χ1n) is 9.66. The van der Waals surface area contributed by atoms with E-state index in [2.05, 4.69) is 10.1 Å². The standard InChI is InChI=1S/C22H22ClN3O3/c1-4-28-19-8-5-7-14-11-15(21(23)24-20(14)19)17-12-16(18-9-6-10-29-18)25-26(17)22(27)13(2)3/h5-11,13,17H,4,12H2,1-3H3. The molecule has 1 atom stereocenters. The highest BCUT2D eigenvalue weighted by Gasteiger charge is 2.36. The van der Waals surface area contributed by atoms with Gasteiger partial charge in [-0.15, -0.1) is 0 Å². The van der Waals surface area contributed by atoms with Gasteiger partial charge in [-0.25, -0.2) is 9.99 Å². The molecule has 3 aromatic rings. The SMILES string of the molecule is CCOc1cccc2cc(C3CC(c4ccco4)=NN3C(=O)C(C)C)c(Cl)nc12. The van der Waals surface area contributed by atoms with Crippen molar-refractivity contribution in [2.24, 2.45) is 11.0 Å². The summed E-state index contributed by atoms with van der Waals surface area (Å²) in [6.45, 7) is 6.18. The van der Waals surface area contributed by atoms with E-state index in [1.807, 2.05) is 51.1 Å². The van der Waals surface area contributed by atoms with E-state index < -0.39 is 0 Å². The number of nitrogens with zero attached hydrogens (tertiary/aromatic N) is 3. The van der Waals surface area contributed by atoms with Crippen molar-refractivity contribution < 1.29 is 13.9 Å². The summed E-state index contributed by atoms with van der Waals surface area (Å²) in [7, 11) is 0. The Labute approximate surface area is 174 Å². The summed E-state index contributed by atoms with van der Waals surface area (Å²) in [6.07, 6.45) is 2.10. The summed E-state index contributed by atoms with van der Waals surface area (Å²) < 4.78 is 11.2. The van der Waals surface area contributed by atoms with Crippen molar-refractivity contribution in [1.29, 1.82) is 0 Å². The molecule has 0 aliphatic carbocycles. The normalized spacial score (nSPS) is 16.5. The van der Waals surface area contributed by atoms with Gasteiger partial charge in [0.15, 0.2) is 0 Å². The Kier molecular flexibility index (Phi) is 5.28. The van der Waals surface area contributed by atoms with Gasteiger partial charge in [-0.3, -0.25) is 4.79 Å². The maximum Gasteiger partial charge on any atom is 0.245 e. The second kappa shape index (κ2) is 7.87. The van der Waals surface area contributed by atoms with Gasteiger partial charge >= 0.3 is 0 Å². The van der Waals surface area contributed by atoms with Crippen LogP contribution in [-0.2, 0) is 4.79 Å². The summed E-state index contributed by atoms with van der Waals surface area (Å²) in [4.78, 5) is 17.5. The number of carbonyl (C=O) groups excluding carboxylic acids is 1. The summed E-state index contributed by atoms with van der Waals surface area (Å²) in [6, 6.07) is 11.0. The van der Waals surface area contributed by atoms with Gasteiger partial charge in [0.2, 0.25) is 5.91 Å². The Hall–Kier alpha value is -2.86. The molecule has 0 bridgehead atoms. The second-order valence-corrected chi connectivity index (χ2v) is 7.57. The monoisotopic (exact) mass is 411 g/mol. The lowest BCUT2D eigenvalue weighted by molar-refractivity contribution is -0.136. The number of fused-ring (bicyclic) bond motifs is 1. The third-order valence-corrected chi connectivity index (χ3v) is 5.19. The molecule has 0 radical (unpaired) electrons. The number of pyridine rings is 1. The quantitative estimate of drug-likeness (QED) is 0.540. The number of aromatic nitrogens is 1. The number of amides is 1. The number of hydrazone groups is 1. The van der Waals surface area contributed by atoms with Crippen LogP contribution in [0.4, 0.5) is 0 Å². The molecule has 150 valence electrons. The van der Waals surface area contributed by atoms with Gasteiger partial charge in [-0.2, -0.15) is 5.10 Å². The van der Waals surface area contributed by atoms with Crippen molar-refractivity contribution in [3.63, 3.8) is 0 Å². The van der Waals surface area contributed by atoms with E-state index in [0.717, 1.165) is 10.9 Å². The molecular weight excluding hydrogens is 390 g/mol. The molecule has 2 aromatic heterocycles. The number of benzene rings is 1. The Morgan fingerprint density at radius 2 is 2.17 bits per heavy atom. The van der Waals surface area contributed by atoms with Gasteiger partial charge in [-0.1, -0.05) is 37.6 Å². The van der Waals surface area contributed by atoms with Crippen molar-refractivity contribution in [3.05, 3.63) is 59.1 Å². The van der Waals surface area contributed by atoms with Crippen LogP contribution < -0.4 is 4.74 Å². The first-order valence-corrected chi connectivity index (χ1v) is 10.0. The first kappa shape index (κ1) is 19.5. The Bertz CT molecular complexity index is 1080. The number of furan rings is 1. The van der Waals surface area contributed by atoms with Crippen LogP contribution >= 0.6 is 11.6 Å². The maximum absolute atomic E-state index is 12.9. The number of ether oxygens (including phenoxy) is 1. The van der Waals surface area contributed by atoms with Crippen molar-refractivity contribution in [1.82, 2.24) is 9.99 Å². The lowest BCUT2D eigenvalue weighted by Gasteiger charge is -2.24. The van der Waals surface area contributed by atoms with Crippen LogP contribution in [0.3, 0.4) is 0 Å². The Morgan fingerprint density at radius 1 is 1.34 bits per heavy atom. The molecule has 1 aliphatic rings. The fourth-order valence-corrected chi connectivity index (χ4v) is 3.75. The fourth-order valence-electron chi connectivity index (χ4n) is 3.48. The van der Waals surface area contributed by atoms with Gasteiger partial charge in [0.25, 0.3) is 0 Å². The molecule has 0 saturated heterocycles. The molecule has 4 rings (SSSR count). The zero-order valence-corrected chi connectivity index (χ0v) is 17.3. The van der Waals surface area contributed by atoms with Crippen molar-refractivity contribution >= 4 is 34.1 Å². The number of para-hydroxylation sites is 1. The van der Waals surface area contributed by atoms with E-state index >= 15 is 0 Å². The lowest BCUT2D eigenvalue weighted by atomic mass is 10.00. The van der Waals surface area contributed by atoms with E-state index in [4.69, 9.17) is 20.8 Å². The van der Waals surface area contributed by atoms with E-state index in [0.29, 0.717) is 40.9 Å². The molecule has 3 heterocycles. The van der Waals surface area contributed by atoms with Crippen LogP contribution in [0, 0.1) is 5.92 Å². The van der Waals surface area contributed by atoms with Crippen LogP contribution in [0.1, 0.15) is 44.6 Å². The van der Waals surface area contributed by atoms with Gasteiger partial charge in [-0.05, 0) is 31.2 Å². The third kappa shape index (κ3) is 3.60. The predicted molar refractivity (Wildman–Crippen MR) is 112 cm³/mol. The highest BCUT2D eigenvalue weighted by Crippen LogP contribution is 2.39. The minimum Gasteiger partial charge on any atom is -0.492 e. The minimum absolute atomic E-state index is 0.0733. The zero-order valence-electron chi connectivity index (χ0n) is 16.6. The Balaban J connectivity index is 1.78. The molecule has 6 nitrogen and oxygen atoms in total. The highest BCUT2D eigenvalue weighted by molar-refractivity contribution is 6.30. The van der Waals surface area contributed by atoms with Gasteiger partial charge in [0.1, 0.15) is 27.9 Å². The molecule has 1 amide bonds.